The predicted molar refractivity (Wildman–Crippen MR) is 56.3 cm³/mol. The number of Topliss-reactive ketones (excluding diaryl/α,β-unsaturated/α-hetero) is 1. The molecule has 0 aromatic heterocycles. The van der Waals surface area contributed by atoms with Crippen LogP contribution in [0.3, 0.4) is 0 Å². The summed E-state index contributed by atoms with van der Waals surface area (Å²) < 4.78 is 9.79. The standard InChI is InChI=1S/C10H11ClO4/c1-14-8-3-6(7(12)5-11)4-9(15-2)10(8)13/h3-4,13H,5H2,1-2H3. The quantitative estimate of drug-likeness (QED) is 0.633. The van der Waals surface area contributed by atoms with Crippen molar-refractivity contribution in [2.45, 2.75) is 0 Å². The first-order valence-electron chi connectivity index (χ1n) is 4.18. The maximum atomic E-state index is 11.3. The molecule has 0 fully saturated rings. The summed E-state index contributed by atoms with van der Waals surface area (Å²) in [5.41, 5.74) is 0.344. The summed E-state index contributed by atoms with van der Waals surface area (Å²) in [6.07, 6.45) is 0. The first kappa shape index (κ1) is 11.7. The van der Waals surface area contributed by atoms with E-state index in [1.54, 1.807) is 0 Å². The monoisotopic (exact) mass is 230 g/mol. The molecule has 0 unspecified atom stereocenters. The Balaban J connectivity index is 3.26. The van der Waals surface area contributed by atoms with Gasteiger partial charge in [-0.25, -0.2) is 0 Å². The third-order valence-electron chi connectivity index (χ3n) is 1.92. The van der Waals surface area contributed by atoms with Crippen LogP contribution in [0.5, 0.6) is 17.2 Å². The van der Waals surface area contributed by atoms with Crippen molar-refractivity contribution in [3.8, 4) is 17.2 Å². The molecule has 0 aliphatic rings. The summed E-state index contributed by atoms with van der Waals surface area (Å²) in [7, 11) is 2.78. The van der Waals surface area contributed by atoms with E-state index in [-0.39, 0.29) is 28.9 Å². The average Bonchev–Trinajstić information content (AvgIpc) is 2.28. The minimum atomic E-state index is -0.256. The van der Waals surface area contributed by atoms with E-state index in [0.717, 1.165) is 0 Å². The number of phenolic OH excluding ortho intramolecular Hbond substituents is 1. The first-order valence-corrected chi connectivity index (χ1v) is 4.71. The maximum Gasteiger partial charge on any atom is 0.200 e. The van der Waals surface area contributed by atoms with Gasteiger partial charge in [0.2, 0.25) is 5.75 Å². The van der Waals surface area contributed by atoms with E-state index >= 15 is 0 Å². The van der Waals surface area contributed by atoms with E-state index in [9.17, 15) is 9.90 Å². The lowest BCUT2D eigenvalue weighted by atomic mass is 10.1. The summed E-state index contributed by atoms with van der Waals surface area (Å²) in [5.74, 6) is -0.151. The molecule has 1 aromatic carbocycles. The largest absolute Gasteiger partial charge is 0.502 e. The third kappa shape index (κ3) is 2.33. The van der Waals surface area contributed by atoms with Crippen molar-refractivity contribution in [3.05, 3.63) is 17.7 Å². The van der Waals surface area contributed by atoms with Gasteiger partial charge in [-0.1, -0.05) is 0 Å². The molecule has 0 radical (unpaired) electrons. The lowest BCUT2D eigenvalue weighted by Crippen LogP contribution is -2.01. The van der Waals surface area contributed by atoms with Crippen LogP contribution in [-0.2, 0) is 0 Å². The number of ketones is 1. The van der Waals surface area contributed by atoms with Gasteiger partial charge in [0.25, 0.3) is 0 Å². The van der Waals surface area contributed by atoms with Crippen LogP contribution >= 0.6 is 11.6 Å². The molecule has 82 valence electrons. The molecule has 0 spiro atoms. The van der Waals surface area contributed by atoms with E-state index in [2.05, 4.69) is 0 Å². The highest BCUT2D eigenvalue weighted by Gasteiger charge is 2.14. The fourth-order valence-corrected chi connectivity index (χ4v) is 1.29. The third-order valence-corrected chi connectivity index (χ3v) is 2.17. The van der Waals surface area contributed by atoms with Crippen LogP contribution in [0.4, 0.5) is 0 Å². The summed E-state index contributed by atoms with van der Waals surface area (Å²) >= 11 is 5.42. The van der Waals surface area contributed by atoms with Gasteiger partial charge in [0, 0.05) is 5.56 Å². The number of hydrogen-bond acceptors (Lipinski definition) is 4. The normalized spacial score (nSPS) is 9.80. The van der Waals surface area contributed by atoms with Crippen LogP contribution in [0.1, 0.15) is 10.4 Å². The Morgan fingerprint density at radius 1 is 1.33 bits per heavy atom. The van der Waals surface area contributed by atoms with Crippen LogP contribution in [0.25, 0.3) is 0 Å². The molecule has 0 bridgehead atoms. The van der Waals surface area contributed by atoms with Gasteiger partial charge in [-0.3, -0.25) is 4.79 Å². The Bertz CT molecular complexity index is 351. The molecule has 0 saturated heterocycles. The highest BCUT2D eigenvalue weighted by atomic mass is 35.5. The summed E-state index contributed by atoms with van der Waals surface area (Å²) in [6.45, 7) is 0. The molecular weight excluding hydrogens is 220 g/mol. The molecule has 0 atom stereocenters. The topological polar surface area (TPSA) is 55.8 Å². The van der Waals surface area contributed by atoms with Gasteiger partial charge in [-0.2, -0.15) is 0 Å². The summed E-state index contributed by atoms with van der Waals surface area (Å²) in [4.78, 5) is 11.3. The van der Waals surface area contributed by atoms with Crippen molar-refractivity contribution < 1.29 is 19.4 Å². The molecule has 0 saturated carbocycles. The number of benzene rings is 1. The molecule has 1 rings (SSSR count). The molecule has 15 heavy (non-hydrogen) atoms. The van der Waals surface area contributed by atoms with E-state index < -0.39 is 0 Å². The SMILES string of the molecule is COc1cc(C(=O)CCl)cc(OC)c1O. The second-order valence-electron chi connectivity index (χ2n) is 2.79. The van der Waals surface area contributed by atoms with Crippen molar-refractivity contribution >= 4 is 17.4 Å². The Morgan fingerprint density at radius 3 is 2.13 bits per heavy atom. The molecule has 0 heterocycles. The van der Waals surface area contributed by atoms with Crippen LogP contribution in [0.2, 0.25) is 0 Å². The van der Waals surface area contributed by atoms with Crippen LogP contribution in [0.15, 0.2) is 12.1 Å². The van der Waals surface area contributed by atoms with Crippen LogP contribution in [-0.4, -0.2) is 31.0 Å². The van der Waals surface area contributed by atoms with Gasteiger partial charge in [0.05, 0.1) is 20.1 Å². The number of aromatic hydroxyl groups is 1. The van der Waals surface area contributed by atoms with E-state index in [1.807, 2.05) is 0 Å². The molecule has 4 nitrogen and oxygen atoms in total. The number of alkyl halides is 1. The second-order valence-corrected chi connectivity index (χ2v) is 3.05. The van der Waals surface area contributed by atoms with Crippen molar-refractivity contribution in [1.29, 1.82) is 0 Å². The molecule has 0 aliphatic carbocycles. The highest BCUT2D eigenvalue weighted by molar-refractivity contribution is 6.30. The second kappa shape index (κ2) is 4.89. The first-order chi connectivity index (χ1) is 7.13. The Labute approximate surface area is 92.4 Å². The Morgan fingerprint density at radius 2 is 1.80 bits per heavy atom. The molecule has 0 aliphatic heterocycles. The van der Waals surface area contributed by atoms with E-state index in [0.29, 0.717) is 5.56 Å². The minimum absolute atomic E-state index is 0.128. The molecule has 1 aromatic rings. The number of methoxy groups -OCH3 is 2. The highest BCUT2D eigenvalue weighted by Crippen LogP contribution is 2.37. The van der Waals surface area contributed by atoms with Crippen LogP contribution in [0, 0.1) is 0 Å². The van der Waals surface area contributed by atoms with Gasteiger partial charge in [0.15, 0.2) is 17.3 Å². The van der Waals surface area contributed by atoms with Crippen molar-refractivity contribution in [2.24, 2.45) is 0 Å². The smallest absolute Gasteiger partial charge is 0.200 e. The van der Waals surface area contributed by atoms with E-state index in [1.165, 1.54) is 26.4 Å². The van der Waals surface area contributed by atoms with Gasteiger partial charge < -0.3 is 14.6 Å². The van der Waals surface area contributed by atoms with Gasteiger partial charge in [-0.15, -0.1) is 11.6 Å². The number of halogens is 1. The Kier molecular flexibility index (Phi) is 3.80. The Hall–Kier alpha value is -1.42. The maximum absolute atomic E-state index is 11.3. The van der Waals surface area contributed by atoms with Gasteiger partial charge in [0.1, 0.15) is 0 Å². The molecule has 1 N–H and O–H groups in total. The number of ether oxygens (including phenoxy) is 2. The predicted octanol–water partition coefficient (Wildman–Crippen LogP) is 1.83. The van der Waals surface area contributed by atoms with Crippen molar-refractivity contribution in [3.63, 3.8) is 0 Å². The molecule has 0 amide bonds. The zero-order valence-corrected chi connectivity index (χ0v) is 9.17. The average molecular weight is 231 g/mol. The zero-order valence-electron chi connectivity index (χ0n) is 8.41. The van der Waals surface area contributed by atoms with Crippen molar-refractivity contribution in [1.82, 2.24) is 0 Å². The summed E-state index contributed by atoms with van der Waals surface area (Å²) in [6, 6.07) is 2.84. The molecular formula is C10H11ClO4. The number of carbonyl (C=O) groups is 1. The number of hydrogen-bond donors (Lipinski definition) is 1. The number of phenols is 1. The lowest BCUT2D eigenvalue weighted by molar-refractivity contribution is 0.102. The number of rotatable bonds is 4. The minimum Gasteiger partial charge on any atom is -0.502 e. The lowest BCUT2D eigenvalue weighted by Gasteiger charge is -2.09. The van der Waals surface area contributed by atoms with Gasteiger partial charge in [-0.05, 0) is 12.1 Å². The molecule has 5 heteroatoms. The summed E-state index contributed by atoms with van der Waals surface area (Å²) in [5, 5.41) is 9.57. The van der Waals surface area contributed by atoms with Crippen LogP contribution < -0.4 is 9.47 Å². The van der Waals surface area contributed by atoms with Crippen molar-refractivity contribution in [2.75, 3.05) is 20.1 Å². The fraction of sp³-hybridized carbons (Fsp3) is 0.300. The van der Waals surface area contributed by atoms with E-state index in [4.69, 9.17) is 21.1 Å². The number of carbonyl (C=O) groups excluding carboxylic acids is 1. The van der Waals surface area contributed by atoms with Gasteiger partial charge >= 0.3 is 0 Å². The fourth-order valence-electron chi connectivity index (χ4n) is 1.13. The zero-order chi connectivity index (χ0) is 11.4.